The summed E-state index contributed by atoms with van der Waals surface area (Å²) in [6.07, 6.45) is 0. The van der Waals surface area contributed by atoms with Crippen molar-refractivity contribution in [1.29, 1.82) is 0 Å². The Balaban J connectivity index is 1.34. The Morgan fingerprint density at radius 2 is 1.74 bits per heavy atom. The number of urea groups is 1. The van der Waals surface area contributed by atoms with E-state index >= 15 is 0 Å². The minimum atomic E-state index is -1.25. The third-order valence-electron chi connectivity index (χ3n) is 6.59. The maximum absolute atomic E-state index is 13.4. The minimum absolute atomic E-state index is 0.0329. The van der Waals surface area contributed by atoms with Gasteiger partial charge in [-0.25, -0.2) is 9.78 Å². The summed E-state index contributed by atoms with van der Waals surface area (Å²) in [6.45, 7) is 5.24. The number of imidazole rings is 1. The van der Waals surface area contributed by atoms with Gasteiger partial charge in [-0.2, -0.15) is 0 Å². The zero-order valence-electron chi connectivity index (χ0n) is 19.8. The van der Waals surface area contributed by atoms with E-state index in [9.17, 15) is 14.4 Å². The van der Waals surface area contributed by atoms with Gasteiger partial charge in [0.05, 0.1) is 17.1 Å². The van der Waals surface area contributed by atoms with Gasteiger partial charge in [-0.05, 0) is 47.4 Å². The van der Waals surface area contributed by atoms with Crippen LogP contribution in [0, 0.1) is 5.92 Å². The molecule has 4 amide bonds. The van der Waals surface area contributed by atoms with E-state index in [4.69, 9.17) is 0 Å². The van der Waals surface area contributed by atoms with Gasteiger partial charge >= 0.3 is 6.03 Å². The molecular weight excluding hydrogens is 442 g/mol. The van der Waals surface area contributed by atoms with Crippen molar-refractivity contribution in [3.05, 3.63) is 78.1 Å². The molecule has 5 rings (SSSR count). The molecule has 0 spiro atoms. The van der Waals surface area contributed by atoms with Crippen LogP contribution in [0.3, 0.4) is 0 Å². The van der Waals surface area contributed by atoms with Crippen LogP contribution < -0.4 is 10.6 Å². The number of hydrogen-bond donors (Lipinski definition) is 3. The first kappa shape index (κ1) is 22.6. The highest BCUT2D eigenvalue weighted by atomic mass is 16.2. The number of nitrogens with one attached hydrogen (secondary N) is 3. The summed E-state index contributed by atoms with van der Waals surface area (Å²) in [5.74, 6) is -0.230. The number of fused-ring (bicyclic) bond motifs is 2. The van der Waals surface area contributed by atoms with Crippen LogP contribution in [0.2, 0.25) is 0 Å². The highest BCUT2D eigenvalue weighted by Gasteiger charge is 2.49. The Hall–Kier alpha value is -4.20. The molecule has 1 aliphatic heterocycles. The van der Waals surface area contributed by atoms with Crippen LogP contribution in [0.25, 0.3) is 21.8 Å². The molecule has 8 heteroatoms. The van der Waals surface area contributed by atoms with Gasteiger partial charge in [0, 0.05) is 0 Å². The summed E-state index contributed by atoms with van der Waals surface area (Å²) in [5, 5.41) is 7.73. The Bertz CT molecular complexity index is 1430. The van der Waals surface area contributed by atoms with Gasteiger partial charge in [0.2, 0.25) is 5.91 Å². The molecule has 3 aromatic carbocycles. The quantitative estimate of drug-likeness (QED) is 0.371. The molecule has 3 N–H and O–H groups in total. The topological polar surface area (TPSA) is 107 Å². The maximum atomic E-state index is 13.4. The predicted molar refractivity (Wildman–Crippen MR) is 133 cm³/mol. The number of carbonyl (C=O) groups is 3. The van der Waals surface area contributed by atoms with Crippen LogP contribution in [0.5, 0.6) is 0 Å². The van der Waals surface area contributed by atoms with E-state index in [1.807, 2.05) is 80.6 Å². The number of rotatable bonds is 6. The molecule has 0 radical (unpaired) electrons. The van der Waals surface area contributed by atoms with Gasteiger partial charge in [0.1, 0.15) is 17.9 Å². The Morgan fingerprint density at radius 3 is 2.49 bits per heavy atom. The first-order chi connectivity index (χ1) is 16.8. The molecule has 1 aliphatic rings. The van der Waals surface area contributed by atoms with Gasteiger partial charge < -0.3 is 15.6 Å². The average molecular weight is 470 g/mol. The second-order valence-corrected chi connectivity index (χ2v) is 9.44. The smallest absolute Gasteiger partial charge is 0.325 e. The number of carbonyl (C=O) groups excluding carboxylic acids is 3. The van der Waals surface area contributed by atoms with Crippen molar-refractivity contribution in [2.45, 2.75) is 32.4 Å². The standard InChI is InChI=1S/C27H27N5O3/c1-16(2)23(24-28-20-10-6-7-11-21(20)29-24)30-22(33)15-32-25(34)27(3,31-26(32)35)19-13-12-17-8-4-5-9-18(17)14-19/h4-14,16,23H,15H2,1-3H3,(H,28,29)(H,30,33)(H,31,35)/t23-,27?/m0/s1. The van der Waals surface area contributed by atoms with Crippen molar-refractivity contribution in [2.24, 2.45) is 5.92 Å². The second-order valence-electron chi connectivity index (χ2n) is 9.44. The predicted octanol–water partition coefficient (Wildman–Crippen LogP) is 4.00. The van der Waals surface area contributed by atoms with Gasteiger partial charge in [-0.3, -0.25) is 14.5 Å². The molecule has 2 atom stereocenters. The molecule has 35 heavy (non-hydrogen) atoms. The number of amides is 4. The molecule has 1 unspecified atom stereocenters. The van der Waals surface area contributed by atoms with E-state index in [-0.39, 0.29) is 12.5 Å². The van der Waals surface area contributed by atoms with Crippen molar-refractivity contribution >= 4 is 39.7 Å². The molecule has 1 saturated heterocycles. The number of nitrogens with zero attached hydrogens (tertiary/aromatic N) is 2. The number of hydrogen-bond acceptors (Lipinski definition) is 4. The summed E-state index contributed by atoms with van der Waals surface area (Å²) in [4.78, 5) is 48.0. The number of aromatic amines is 1. The Labute approximate surface area is 202 Å². The highest BCUT2D eigenvalue weighted by molar-refractivity contribution is 6.09. The van der Waals surface area contributed by atoms with E-state index in [2.05, 4.69) is 20.6 Å². The fourth-order valence-corrected chi connectivity index (χ4v) is 4.57. The largest absolute Gasteiger partial charge is 0.344 e. The minimum Gasteiger partial charge on any atom is -0.344 e. The maximum Gasteiger partial charge on any atom is 0.325 e. The summed E-state index contributed by atoms with van der Waals surface area (Å²) in [7, 11) is 0. The van der Waals surface area contributed by atoms with Gasteiger partial charge in [0.15, 0.2) is 0 Å². The molecule has 0 aliphatic carbocycles. The van der Waals surface area contributed by atoms with E-state index < -0.39 is 29.4 Å². The van der Waals surface area contributed by atoms with Crippen LogP contribution in [-0.4, -0.2) is 39.3 Å². The lowest BCUT2D eigenvalue weighted by Crippen LogP contribution is -2.44. The molecule has 0 bridgehead atoms. The fraction of sp³-hybridized carbons (Fsp3) is 0.259. The zero-order chi connectivity index (χ0) is 24.7. The van der Waals surface area contributed by atoms with Crippen LogP contribution in [-0.2, 0) is 15.1 Å². The van der Waals surface area contributed by atoms with E-state index in [1.54, 1.807) is 6.92 Å². The molecule has 178 valence electrons. The number of para-hydroxylation sites is 2. The van der Waals surface area contributed by atoms with Crippen LogP contribution in [0.1, 0.15) is 38.2 Å². The molecule has 1 aromatic heterocycles. The highest BCUT2D eigenvalue weighted by Crippen LogP contribution is 2.31. The number of benzene rings is 3. The fourth-order valence-electron chi connectivity index (χ4n) is 4.57. The Kier molecular flexibility index (Phi) is 5.51. The summed E-state index contributed by atoms with van der Waals surface area (Å²) < 4.78 is 0. The first-order valence-electron chi connectivity index (χ1n) is 11.6. The molecule has 0 saturated carbocycles. The van der Waals surface area contributed by atoms with E-state index in [0.29, 0.717) is 11.4 Å². The van der Waals surface area contributed by atoms with Crippen LogP contribution >= 0.6 is 0 Å². The van der Waals surface area contributed by atoms with Crippen LogP contribution in [0.4, 0.5) is 4.79 Å². The molecule has 2 heterocycles. The molecule has 4 aromatic rings. The average Bonchev–Trinajstić information content (AvgIpc) is 3.37. The van der Waals surface area contributed by atoms with E-state index in [0.717, 1.165) is 26.7 Å². The SMILES string of the molecule is CC(C)[C@H](NC(=O)CN1C(=O)NC(C)(c2ccc3ccccc3c2)C1=O)c1nc2ccccc2[nH]1. The molecular formula is C27H27N5O3. The normalized spacial score (nSPS) is 18.9. The number of aromatic nitrogens is 2. The van der Waals surface area contributed by atoms with Crippen molar-refractivity contribution in [3.8, 4) is 0 Å². The summed E-state index contributed by atoms with van der Waals surface area (Å²) in [6, 6.07) is 20.1. The van der Waals surface area contributed by atoms with Crippen molar-refractivity contribution in [2.75, 3.05) is 6.54 Å². The van der Waals surface area contributed by atoms with Gasteiger partial charge in [0.25, 0.3) is 5.91 Å². The van der Waals surface area contributed by atoms with Gasteiger partial charge in [-0.15, -0.1) is 0 Å². The van der Waals surface area contributed by atoms with Crippen molar-refractivity contribution in [3.63, 3.8) is 0 Å². The Morgan fingerprint density at radius 1 is 1.03 bits per heavy atom. The van der Waals surface area contributed by atoms with Crippen molar-refractivity contribution in [1.82, 2.24) is 25.5 Å². The second kappa shape index (κ2) is 8.54. The number of H-pyrrole nitrogens is 1. The lowest BCUT2D eigenvalue weighted by Gasteiger charge is -2.24. The monoisotopic (exact) mass is 469 g/mol. The molecule has 1 fully saturated rings. The zero-order valence-corrected chi connectivity index (χ0v) is 19.8. The molecule has 8 nitrogen and oxygen atoms in total. The number of imide groups is 1. The summed E-state index contributed by atoms with van der Waals surface area (Å²) in [5.41, 5.74) is 1.10. The first-order valence-corrected chi connectivity index (χ1v) is 11.6. The third kappa shape index (κ3) is 4.01. The third-order valence-corrected chi connectivity index (χ3v) is 6.59. The lowest BCUT2D eigenvalue weighted by molar-refractivity contribution is -0.135. The van der Waals surface area contributed by atoms with E-state index in [1.165, 1.54) is 0 Å². The van der Waals surface area contributed by atoms with Gasteiger partial charge in [-0.1, -0.05) is 62.4 Å². The van der Waals surface area contributed by atoms with Crippen LogP contribution in [0.15, 0.2) is 66.7 Å². The summed E-state index contributed by atoms with van der Waals surface area (Å²) >= 11 is 0. The van der Waals surface area contributed by atoms with Crippen molar-refractivity contribution < 1.29 is 14.4 Å². The lowest BCUT2D eigenvalue weighted by atomic mass is 9.90.